The average molecular weight is 350 g/mol. The number of nitrogens with zero attached hydrogens (tertiary/aromatic N) is 2. The van der Waals surface area contributed by atoms with E-state index in [1.807, 2.05) is 18.2 Å². The third-order valence-electron chi connectivity index (χ3n) is 3.72. The molecule has 1 aromatic heterocycles. The van der Waals surface area contributed by atoms with E-state index in [2.05, 4.69) is 16.0 Å². The minimum Gasteiger partial charge on any atom is -0.457 e. The highest BCUT2D eigenvalue weighted by molar-refractivity contribution is 6.35. The van der Waals surface area contributed by atoms with Crippen LogP contribution in [0.1, 0.15) is 0 Å². The highest BCUT2D eigenvalue weighted by Gasteiger charge is 2.14. The third-order valence-corrected chi connectivity index (χ3v) is 4.02. The quantitative estimate of drug-likeness (QED) is 0.477. The SMILES string of the molecule is Fc1ccc(Oc2[c]cccc2)cc1-c1ncnc2c(Cl)cccc12. The molecule has 0 aliphatic heterocycles. The first-order valence-electron chi connectivity index (χ1n) is 7.56. The predicted octanol–water partition coefficient (Wildman–Crippen LogP) is 5.68. The molecule has 1 radical (unpaired) electrons. The standard InChI is InChI=1S/C20H11ClFN2O/c21-17-8-4-7-15-19(23-12-24-20(15)17)16-11-14(9-10-18(16)22)25-13-5-2-1-3-6-13/h1-5,7-12H. The number of ether oxygens (including phenoxy) is 1. The van der Waals surface area contributed by atoms with Crippen LogP contribution in [0.15, 0.2) is 67.0 Å². The largest absolute Gasteiger partial charge is 0.457 e. The van der Waals surface area contributed by atoms with Crippen LogP contribution >= 0.6 is 11.6 Å². The van der Waals surface area contributed by atoms with E-state index in [4.69, 9.17) is 16.3 Å². The smallest absolute Gasteiger partial charge is 0.135 e. The van der Waals surface area contributed by atoms with Crippen molar-refractivity contribution in [3.8, 4) is 22.8 Å². The fourth-order valence-electron chi connectivity index (χ4n) is 2.58. The molecule has 0 aliphatic carbocycles. The van der Waals surface area contributed by atoms with Crippen molar-refractivity contribution in [2.24, 2.45) is 0 Å². The van der Waals surface area contributed by atoms with Gasteiger partial charge in [-0.25, -0.2) is 14.4 Å². The second-order valence-electron chi connectivity index (χ2n) is 5.33. The van der Waals surface area contributed by atoms with E-state index >= 15 is 0 Å². The van der Waals surface area contributed by atoms with Gasteiger partial charge in [-0.2, -0.15) is 0 Å². The third kappa shape index (κ3) is 3.04. The minimum absolute atomic E-state index is 0.322. The van der Waals surface area contributed by atoms with Gasteiger partial charge in [0.05, 0.1) is 16.2 Å². The summed E-state index contributed by atoms with van der Waals surface area (Å²) in [6.45, 7) is 0. The summed E-state index contributed by atoms with van der Waals surface area (Å²) in [4.78, 5) is 8.44. The van der Waals surface area contributed by atoms with Crippen LogP contribution in [0.25, 0.3) is 22.2 Å². The highest BCUT2D eigenvalue weighted by atomic mass is 35.5. The van der Waals surface area contributed by atoms with Crippen LogP contribution in [0.3, 0.4) is 0 Å². The van der Waals surface area contributed by atoms with E-state index in [-0.39, 0.29) is 0 Å². The highest BCUT2D eigenvalue weighted by Crippen LogP contribution is 2.33. The summed E-state index contributed by atoms with van der Waals surface area (Å²) in [7, 11) is 0. The molecule has 0 saturated heterocycles. The van der Waals surface area contributed by atoms with Crippen LogP contribution in [-0.2, 0) is 0 Å². The molecule has 25 heavy (non-hydrogen) atoms. The molecule has 0 unspecified atom stereocenters. The zero-order valence-electron chi connectivity index (χ0n) is 12.9. The molecular formula is C20H11ClFN2O. The molecule has 3 nitrogen and oxygen atoms in total. The topological polar surface area (TPSA) is 35.0 Å². The number of rotatable bonds is 3. The molecule has 0 aliphatic rings. The van der Waals surface area contributed by atoms with Gasteiger partial charge in [0.25, 0.3) is 0 Å². The lowest BCUT2D eigenvalue weighted by atomic mass is 10.1. The summed E-state index contributed by atoms with van der Waals surface area (Å²) in [5.41, 5.74) is 1.37. The summed E-state index contributed by atoms with van der Waals surface area (Å²) in [6, 6.07) is 20.1. The molecule has 0 spiro atoms. The lowest BCUT2D eigenvalue weighted by Gasteiger charge is -2.10. The monoisotopic (exact) mass is 349 g/mol. The van der Waals surface area contributed by atoms with E-state index in [0.29, 0.717) is 38.7 Å². The van der Waals surface area contributed by atoms with Crippen molar-refractivity contribution in [3.05, 3.63) is 83.9 Å². The minimum atomic E-state index is -0.399. The Hall–Kier alpha value is -2.98. The van der Waals surface area contributed by atoms with Crippen molar-refractivity contribution in [1.29, 1.82) is 0 Å². The van der Waals surface area contributed by atoms with Crippen LogP contribution < -0.4 is 4.74 Å². The Morgan fingerprint density at radius 2 is 1.92 bits per heavy atom. The molecule has 5 heteroatoms. The van der Waals surface area contributed by atoms with Crippen LogP contribution in [-0.4, -0.2) is 9.97 Å². The van der Waals surface area contributed by atoms with Gasteiger partial charge in [0.2, 0.25) is 0 Å². The number of fused-ring (bicyclic) bond motifs is 1. The summed E-state index contributed by atoms with van der Waals surface area (Å²) in [5.74, 6) is 0.646. The first-order valence-corrected chi connectivity index (χ1v) is 7.94. The van der Waals surface area contributed by atoms with E-state index in [0.717, 1.165) is 0 Å². The van der Waals surface area contributed by atoms with Crippen LogP contribution in [0.5, 0.6) is 11.5 Å². The van der Waals surface area contributed by atoms with Crippen LogP contribution in [0, 0.1) is 11.9 Å². The summed E-state index contributed by atoms with van der Waals surface area (Å²) in [6.07, 6.45) is 1.38. The van der Waals surface area contributed by atoms with Crippen molar-refractivity contribution < 1.29 is 9.13 Å². The number of aromatic nitrogens is 2. The zero-order chi connectivity index (χ0) is 17.2. The van der Waals surface area contributed by atoms with Crippen molar-refractivity contribution >= 4 is 22.5 Å². The molecule has 121 valence electrons. The van der Waals surface area contributed by atoms with Crippen molar-refractivity contribution in [3.63, 3.8) is 0 Å². The maximum atomic E-state index is 14.5. The van der Waals surface area contributed by atoms with Crippen molar-refractivity contribution in [2.45, 2.75) is 0 Å². The van der Waals surface area contributed by atoms with Crippen molar-refractivity contribution in [1.82, 2.24) is 9.97 Å². The predicted molar refractivity (Wildman–Crippen MR) is 95.3 cm³/mol. The molecule has 1 heterocycles. The molecule has 4 rings (SSSR count). The van der Waals surface area contributed by atoms with E-state index in [1.165, 1.54) is 12.4 Å². The summed E-state index contributed by atoms with van der Waals surface area (Å²) in [5, 5.41) is 1.17. The first kappa shape index (κ1) is 15.5. The molecule has 0 N–H and O–H groups in total. The summed E-state index contributed by atoms with van der Waals surface area (Å²) < 4.78 is 20.2. The van der Waals surface area contributed by atoms with Gasteiger partial charge in [0.15, 0.2) is 0 Å². The fourth-order valence-corrected chi connectivity index (χ4v) is 2.81. The van der Waals surface area contributed by atoms with Crippen LogP contribution in [0.2, 0.25) is 5.02 Å². The number of para-hydroxylation sites is 2. The Balaban J connectivity index is 1.83. The number of hydrogen-bond donors (Lipinski definition) is 0. The summed E-state index contributed by atoms with van der Waals surface area (Å²) >= 11 is 6.18. The molecule has 3 aromatic carbocycles. The second kappa shape index (κ2) is 6.49. The van der Waals surface area contributed by atoms with E-state index in [9.17, 15) is 4.39 Å². The first-order chi connectivity index (χ1) is 12.2. The number of benzene rings is 3. The molecule has 0 fully saturated rings. The molecule has 0 amide bonds. The maximum absolute atomic E-state index is 14.5. The molecular weight excluding hydrogens is 339 g/mol. The Bertz CT molecular complexity index is 1050. The Kier molecular flexibility index (Phi) is 4.04. The molecule has 0 bridgehead atoms. The van der Waals surface area contributed by atoms with Gasteiger partial charge in [0, 0.05) is 17.0 Å². The van der Waals surface area contributed by atoms with Gasteiger partial charge in [-0.15, -0.1) is 0 Å². The molecule has 0 atom stereocenters. The van der Waals surface area contributed by atoms with Gasteiger partial charge in [-0.05, 0) is 30.3 Å². The Morgan fingerprint density at radius 1 is 1.00 bits per heavy atom. The van der Waals surface area contributed by atoms with Gasteiger partial charge in [-0.1, -0.05) is 41.9 Å². The molecule has 0 saturated carbocycles. The number of halogens is 2. The van der Waals surface area contributed by atoms with Gasteiger partial charge < -0.3 is 4.74 Å². The maximum Gasteiger partial charge on any atom is 0.135 e. The Morgan fingerprint density at radius 3 is 2.76 bits per heavy atom. The van der Waals surface area contributed by atoms with E-state index in [1.54, 1.807) is 36.4 Å². The Labute approximate surface area is 148 Å². The zero-order valence-corrected chi connectivity index (χ0v) is 13.7. The van der Waals surface area contributed by atoms with Gasteiger partial charge in [-0.3, -0.25) is 0 Å². The fraction of sp³-hybridized carbons (Fsp3) is 0. The van der Waals surface area contributed by atoms with E-state index < -0.39 is 5.82 Å². The van der Waals surface area contributed by atoms with Gasteiger partial charge >= 0.3 is 0 Å². The second-order valence-corrected chi connectivity index (χ2v) is 5.74. The molecule has 4 aromatic rings. The lowest BCUT2D eigenvalue weighted by Crippen LogP contribution is -1.93. The van der Waals surface area contributed by atoms with Gasteiger partial charge in [0.1, 0.15) is 23.6 Å². The number of hydrogen-bond acceptors (Lipinski definition) is 3. The van der Waals surface area contributed by atoms with Crippen molar-refractivity contribution in [2.75, 3.05) is 0 Å². The van der Waals surface area contributed by atoms with Crippen LogP contribution in [0.4, 0.5) is 4.39 Å². The lowest BCUT2D eigenvalue weighted by molar-refractivity contribution is 0.480. The normalized spacial score (nSPS) is 10.8. The average Bonchev–Trinajstić information content (AvgIpc) is 2.64.